The van der Waals surface area contributed by atoms with Crippen LogP contribution in [0.1, 0.15) is 24.6 Å². The number of aromatic nitrogens is 5. The first-order chi connectivity index (χ1) is 9.84. The molecule has 3 heterocycles. The normalized spacial score (nSPS) is 19.4. The zero-order chi connectivity index (χ0) is 13.8. The van der Waals surface area contributed by atoms with Gasteiger partial charge in [0.2, 0.25) is 0 Å². The molecule has 0 bridgehead atoms. The third-order valence-corrected chi connectivity index (χ3v) is 4.64. The average molecular weight is 292 g/mol. The lowest BCUT2D eigenvalue weighted by Crippen LogP contribution is -2.29. The van der Waals surface area contributed by atoms with Gasteiger partial charge in [0, 0.05) is 37.7 Å². The number of piperidine rings is 1. The molecule has 7 heteroatoms. The van der Waals surface area contributed by atoms with Crippen molar-refractivity contribution in [2.75, 3.05) is 18.8 Å². The van der Waals surface area contributed by atoms with Gasteiger partial charge in [-0.2, -0.15) is 5.10 Å². The van der Waals surface area contributed by atoms with E-state index in [1.807, 2.05) is 16.9 Å². The minimum atomic E-state index is 0.502. The van der Waals surface area contributed by atoms with Crippen LogP contribution in [0.25, 0.3) is 0 Å². The fourth-order valence-electron chi connectivity index (χ4n) is 2.54. The Morgan fingerprint density at radius 1 is 1.45 bits per heavy atom. The molecule has 1 N–H and O–H groups in total. The molecule has 0 amide bonds. The Morgan fingerprint density at radius 2 is 2.40 bits per heavy atom. The number of aryl methyl sites for hydroxylation is 1. The fourth-order valence-corrected chi connectivity index (χ4v) is 3.39. The van der Waals surface area contributed by atoms with Gasteiger partial charge in [-0.3, -0.25) is 4.68 Å². The molecule has 1 fully saturated rings. The minimum absolute atomic E-state index is 0.502. The van der Waals surface area contributed by atoms with Crippen LogP contribution in [0.3, 0.4) is 0 Å². The highest BCUT2D eigenvalue weighted by atomic mass is 32.2. The smallest absolute Gasteiger partial charge is 0.191 e. The van der Waals surface area contributed by atoms with Crippen LogP contribution in [0.4, 0.5) is 0 Å². The maximum absolute atomic E-state index is 4.38. The Labute approximate surface area is 123 Å². The van der Waals surface area contributed by atoms with E-state index in [9.17, 15) is 0 Å². The second kappa shape index (κ2) is 6.41. The molecule has 108 valence electrons. The van der Waals surface area contributed by atoms with Crippen molar-refractivity contribution < 1.29 is 0 Å². The zero-order valence-electron chi connectivity index (χ0n) is 11.7. The van der Waals surface area contributed by atoms with Crippen molar-refractivity contribution in [2.24, 2.45) is 7.05 Å². The standard InChI is InChI=1S/C13H20N6S/c1-18-12(11-4-2-5-14-10-11)16-17-13(18)20-9-8-19-7-3-6-15-19/h3,6-7,11,14H,2,4-5,8-10H2,1H3/t11-/m0/s1. The van der Waals surface area contributed by atoms with Crippen LogP contribution in [0.2, 0.25) is 0 Å². The molecule has 2 aromatic heterocycles. The van der Waals surface area contributed by atoms with Crippen molar-refractivity contribution in [3.05, 3.63) is 24.3 Å². The number of nitrogens with zero attached hydrogens (tertiary/aromatic N) is 5. The van der Waals surface area contributed by atoms with Crippen molar-refractivity contribution in [2.45, 2.75) is 30.5 Å². The lowest BCUT2D eigenvalue weighted by atomic mass is 9.99. The highest BCUT2D eigenvalue weighted by molar-refractivity contribution is 7.99. The Morgan fingerprint density at radius 3 is 3.15 bits per heavy atom. The molecule has 6 nitrogen and oxygen atoms in total. The number of hydrogen-bond donors (Lipinski definition) is 1. The van der Waals surface area contributed by atoms with Crippen LogP contribution in [0, 0.1) is 0 Å². The predicted molar refractivity (Wildman–Crippen MR) is 78.8 cm³/mol. The van der Waals surface area contributed by atoms with E-state index in [4.69, 9.17) is 0 Å². The van der Waals surface area contributed by atoms with Crippen molar-refractivity contribution in [1.82, 2.24) is 29.9 Å². The summed E-state index contributed by atoms with van der Waals surface area (Å²) in [6.45, 7) is 3.04. The largest absolute Gasteiger partial charge is 0.316 e. The Bertz CT molecular complexity index is 529. The van der Waals surface area contributed by atoms with E-state index >= 15 is 0 Å². The summed E-state index contributed by atoms with van der Waals surface area (Å²) in [6.07, 6.45) is 6.22. The van der Waals surface area contributed by atoms with Gasteiger partial charge >= 0.3 is 0 Å². The monoisotopic (exact) mass is 292 g/mol. The van der Waals surface area contributed by atoms with Gasteiger partial charge in [0.05, 0.1) is 6.54 Å². The van der Waals surface area contributed by atoms with Gasteiger partial charge in [0.15, 0.2) is 5.16 Å². The molecule has 0 aliphatic carbocycles. The van der Waals surface area contributed by atoms with E-state index in [-0.39, 0.29) is 0 Å². The molecule has 0 aromatic carbocycles. The minimum Gasteiger partial charge on any atom is -0.316 e. The van der Waals surface area contributed by atoms with Gasteiger partial charge in [0.25, 0.3) is 0 Å². The lowest BCUT2D eigenvalue weighted by molar-refractivity contribution is 0.436. The number of nitrogens with one attached hydrogen (secondary N) is 1. The van der Waals surface area contributed by atoms with E-state index in [2.05, 4.69) is 32.2 Å². The van der Waals surface area contributed by atoms with Crippen LogP contribution in [0.5, 0.6) is 0 Å². The van der Waals surface area contributed by atoms with Crippen LogP contribution < -0.4 is 5.32 Å². The second-order valence-electron chi connectivity index (χ2n) is 5.06. The molecule has 0 spiro atoms. The summed E-state index contributed by atoms with van der Waals surface area (Å²) in [5.74, 6) is 2.57. The molecule has 1 aliphatic heterocycles. The Balaban J connectivity index is 1.58. The maximum Gasteiger partial charge on any atom is 0.191 e. The Hall–Kier alpha value is -1.34. The summed E-state index contributed by atoms with van der Waals surface area (Å²) in [6, 6.07) is 1.95. The van der Waals surface area contributed by atoms with Crippen molar-refractivity contribution >= 4 is 11.8 Å². The third kappa shape index (κ3) is 3.04. The molecule has 3 rings (SSSR count). The third-order valence-electron chi connectivity index (χ3n) is 3.64. The van der Waals surface area contributed by atoms with Crippen molar-refractivity contribution in [1.29, 1.82) is 0 Å². The highest BCUT2D eigenvalue weighted by Gasteiger charge is 2.21. The first-order valence-electron chi connectivity index (χ1n) is 7.05. The second-order valence-corrected chi connectivity index (χ2v) is 6.12. The molecule has 1 saturated heterocycles. The van der Waals surface area contributed by atoms with E-state index in [1.165, 1.54) is 12.8 Å². The molecular formula is C13H20N6S. The van der Waals surface area contributed by atoms with E-state index in [0.29, 0.717) is 5.92 Å². The molecule has 20 heavy (non-hydrogen) atoms. The number of rotatable bonds is 5. The average Bonchev–Trinajstić information content (AvgIpc) is 3.11. The van der Waals surface area contributed by atoms with E-state index in [1.54, 1.807) is 18.0 Å². The summed E-state index contributed by atoms with van der Waals surface area (Å²) >= 11 is 1.74. The van der Waals surface area contributed by atoms with Gasteiger partial charge in [0.1, 0.15) is 5.82 Å². The molecule has 2 aromatic rings. The van der Waals surface area contributed by atoms with Crippen LogP contribution >= 0.6 is 11.8 Å². The van der Waals surface area contributed by atoms with Gasteiger partial charge in [-0.1, -0.05) is 11.8 Å². The highest BCUT2D eigenvalue weighted by Crippen LogP contribution is 2.24. The van der Waals surface area contributed by atoms with Gasteiger partial charge < -0.3 is 9.88 Å². The number of hydrogen-bond acceptors (Lipinski definition) is 5. The SMILES string of the molecule is Cn1c(SCCn2cccn2)nnc1[C@H]1CCCNC1. The van der Waals surface area contributed by atoms with Crippen LogP contribution in [-0.4, -0.2) is 43.4 Å². The summed E-state index contributed by atoms with van der Waals surface area (Å²) in [7, 11) is 2.07. The zero-order valence-corrected chi connectivity index (χ0v) is 12.5. The molecular weight excluding hydrogens is 272 g/mol. The van der Waals surface area contributed by atoms with Gasteiger partial charge in [-0.15, -0.1) is 10.2 Å². The van der Waals surface area contributed by atoms with Crippen LogP contribution in [0.15, 0.2) is 23.6 Å². The fraction of sp³-hybridized carbons (Fsp3) is 0.615. The van der Waals surface area contributed by atoms with E-state index in [0.717, 1.165) is 36.4 Å². The summed E-state index contributed by atoms with van der Waals surface area (Å²) in [4.78, 5) is 0. The Kier molecular flexibility index (Phi) is 4.37. The van der Waals surface area contributed by atoms with Crippen molar-refractivity contribution in [3.63, 3.8) is 0 Å². The molecule has 0 saturated carbocycles. The summed E-state index contributed by atoms with van der Waals surface area (Å²) in [5.41, 5.74) is 0. The summed E-state index contributed by atoms with van der Waals surface area (Å²) in [5, 5.41) is 17.3. The van der Waals surface area contributed by atoms with Gasteiger partial charge in [-0.25, -0.2) is 0 Å². The van der Waals surface area contributed by atoms with E-state index < -0.39 is 0 Å². The van der Waals surface area contributed by atoms with Crippen LogP contribution in [-0.2, 0) is 13.6 Å². The molecule has 0 radical (unpaired) electrons. The molecule has 1 aliphatic rings. The molecule has 0 unspecified atom stereocenters. The first-order valence-corrected chi connectivity index (χ1v) is 8.03. The van der Waals surface area contributed by atoms with Crippen molar-refractivity contribution in [3.8, 4) is 0 Å². The topological polar surface area (TPSA) is 60.6 Å². The van der Waals surface area contributed by atoms with Gasteiger partial charge in [-0.05, 0) is 25.5 Å². The first kappa shape index (κ1) is 13.6. The quantitative estimate of drug-likeness (QED) is 0.841. The molecule has 1 atom stereocenters. The predicted octanol–water partition coefficient (Wildman–Crippen LogP) is 1.27. The lowest BCUT2D eigenvalue weighted by Gasteiger charge is -2.21. The summed E-state index contributed by atoms with van der Waals surface area (Å²) < 4.78 is 4.08. The number of thioether (sulfide) groups is 1. The maximum atomic E-state index is 4.38.